The van der Waals surface area contributed by atoms with Gasteiger partial charge in [0.15, 0.2) is 0 Å². The van der Waals surface area contributed by atoms with Crippen molar-refractivity contribution in [1.82, 2.24) is 14.9 Å². The van der Waals surface area contributed by atoms with Crippen molar-refractivity contribution in [2.24, 2.45) is 0 Å². The molecular formula is C28H26F6N4O3. The summed E-state index contributed by atoms with van der Waals surface area (Å²) in [5.41, 5.74) is -1.03. The van der Waals surface area contributed by atoms with Crippen molar-refractivity contribution < 1.29 is 40.6 Å². The van der Waals surface area contributed by atoms with Gasteiger partial charge in [0.25, 0.3) is 0 Å². The number of cyclic esters (lactones) is 1. The van der Waals surface area contributed by atoms with Gasteiger partial charge >= 0.3 is 18.4 Å². The molecule has 0 N–H and O–H groups in total. The first-order chi connectivity index (χ1) is 19.3. The number of benzene rings is 2. The van der Waals surface area contributed by atoms with Gasteiger partial charge in [-0.2, -0.15) is 26.3 Å². The Hall–Kier alpha value is -4.03. The highest BCUT2D eigenvalue weighted by Gasteiger charge is 2.44. The molecule has 2 aliphatic heterocycles. The van der Waals surface area contributed by atoms with Crippen LogP contribution in [0.1, 0.15) is 47.5 Å². The number of alkyl halides is 6. The Morgan fingerprint density at radius 3 is 2.20 bits per heavy atom. The van der Waals surface area contributed by atoms with E-state index < -0.39 is 47.3 Å². The van der Waals surface area contributed by atoms with Crippen LogP contribution >= 0.6 is 0 Å². The highest BCUT2D eigenvalue weighted by molar-refractivity contribution is 5.76. The largest absolute Gasteiger partial charge is 0.496 e. The number of ether oxygens (including phenoxy) is 2. The molecule has 1 aromatic heterocycles. The summed E-state index contributed by atoms with van der Waals surface area (Å²) in [6.07, 6.45) is -11.4. The molecule has 218 valence electrons. The predicted molar refractivity (Wildman–Crippen MR) is 136 cm³/mol. The first kappa shape index (κ1) is 28.5. The first-order valence-electron chi connectivity index (χ1n) is 12.8. The van der Waals surface area contributed by atoms with Crippen LogP contribution in [0.3, 0.4) is 0 Å². The molecule has 7 nitrogen and oxygen atoms in total. The van der Waals surface area contributed by atoms with E-state index >= 15 is 0 Å². The summed E-state index contributed by atoms with van der Waals surface area (Å²) in [5.74, 6) is 1.00. The fourth-order valence-electron chi connectivity index (χ4n) is 5.05. The minimum Gasteiger partial charge on any atom is -0.496 e. The molecule has 0 bridgehead atoms. The minimum atomic E-state index is -5.03. The van der Waals surface area contributed by atoms with Crippen LogP contribution in [0.15, 0.2) is 42.5 Å². The van der Waals surface area contributed by atoms with Crippen molar-refractivity contribution in [2.45, 2.75) is 51.3 Å². The quantitative estimate of drug-likeness (QED) is 0.299. The van der Waals surface area contributed by atoms with Gasteiger partial charge in [0.05, 0.1) is 42.2 Å². The van der Waals surface area contributed by atoms with Gasteiger partial charge in [-0.05, 0) is 50.1 Å². The maximum Gasteiger partial charge on any atom is 0.416 e. The van der Waals surface area contributed by atoms with Gasteiger partial charge in [0, 0.05) is 24.2 Å². The van der Waals surface area contributed by atoms with E-state index in [1.165, 1.54) is 18.9 Å². The average molecular weight is 581 g/mol. The number of aryl methyl sites for hydroxylation is 1. The number of anilines is 1. The van der Waals surface area contributed by atoms with Crippen molar-refractivity contribution >= 4 is 12.0 Å². The minimum absolute atomic E-state index is 0.0449. The Morgan fingerprint density at radius 1 is 1.00 bits per heavy atom. The van der Waals surface area contributed by atoms with Crippen molar-refractivity contribution in [1.29, 1.82) is 0 Å². The Balaban J connectivity index is 1.55. The molecule has 2 saturated heterocycles. The third kappa shape index (κ3) is 5.49. The summed E-state index contributed by atoms with van der Waals surface area (Å²) >= 11 is 0. The number of halogens is 6. The number of aromatic nitrogens is 2. The van der Waals surface area contributed by atoms with Crippen LogP contribution in [0.4, 0.5) is 37.1 Å². The number of nitrogens with zero attached hydrogens (tertiary/aromatic N) is 4. The van der Waals surface area contributed by atoms with Crippen LogP contribution in [0.5, 0.6) is 5.75 Å². The second kappa shape index (κ2) is 10.4. The highest BCUT2D eigenvalue weighted by Crippen LogP contribution is 2.42. The summed E-state index contributed by atoms with van der Waals surface area (Å²) in [4.78, 5) is 25.7. The average Bonchev–Trinajstić information content (AvgIpc) is 3.15. The van der Waals surface area contributed by atoms with Crippen LogP contribution < -0.4 is 9.64 Å². The van der Waals surface area contributed by atoms with Crippen LogP contribution in [-0.2, 0) is 23.6 Å². The Labute approximate surface area is 231 Å². The van der Waals surface area contributed by atoms with E-state index in [2.05, 4.69) is 4.98 Å². The van der Waals surface area contributed by atoms with Gasteiger partial charge in [0.2, 0.25) is 5.95 Å². The van der Waals surface area contributed by atoms with Crippen molar-refractivity contribution in [2.75, 3.05) is 25.1 Å². The Morgan fingerprint density at radius 2 is 1.63 bits per heavy atom. The van der Waals surface area contributed by atoms with E-state index in [0.29, 0.717) is 46.3 Å². The molecule has 0 radical (unpaired) electrons. The van der Waals surface area contributed by atoms with Crippen LogP contribution in [0, 0.1) is 6.92 Å². The Bertz CT molecular complexity index is 1440. The SMILES string of the molecule is COc1ccccc1-c1c(C)nc(N2CCC2)nc1CN1C(=O)O[C@H](c2cc(C(F)(F)F)cc(C(F)(F)F)c2)[C@@H]1C. The van der Waals surface area contributed by atoms with Crippen molar-refractivity contribution in [3.8, 4) is 16.9 Å². The molecule has 5 rings (SSSR count). The molecule has 3 heterocycles. The number of hydrogen-bond acceptors (Lipinski definition) is 6. The zero-order valence-corrected chi connectivity index (χ0v) is 22.3. The molecule has 0 unspecified atom stereocenters. The van der Waals surface area contributed by atoms with Crippen molar-refractivity contribution in [3.63, 3.8) is 0 Å². The molecule has 0 saturated carbocycles. The number of carbonyl (C=O) groups excluding carboxylic acids is 1. The molecule has 0 aliphatic carbocycles. The van der Waals surface area contributed by atoms with E-state index in [9.17, 15) is 31.1 Å². The third-order valence-electron chi connectivity index (χ3n) is 7.32. The maximum absolute atomic E-state index is 13.5. The van der Waals surface area contributed by atoms with Gasteiger partial charge in [-0.1, -0.05) is 18.2 Å². The number of methoxy groups -OCH3 is 1. The summed E-state index contributed by atoms with van der Waals surface area (Å²) in [6.45, 7) is 4.70. The lowest BCUT2D eigenvalue weighted by Crippen LogP contribution is -2.39. The van der Waals surface area contributed by atoms with Crippen molar-refractivity contribution in [3.05, 3.63) is 70.5 Å². The maximum atomic E-state index is 13.5. The fraction of sp³-hybridized carbons (Fsp3) is 0.393. The highest BCUT2D eigenvalue weighted by atomic mass is 19.4. The van der Waals surface area contributed by atoms with Gasteiger partial charge in [0.1, 0.15) is 11.9 Å². The summed E-state index contributed by atoms with van der Waals surface area (Å²) < 4.78 is 91.9. The molecule has 13 heteroatoms. The number of amides is 1. The molecule has 2 atom stereocenters. The van der Waals surface area contributed by atoms with E-state index in [1.54, 1.807) is 25.1 Å². The lowest BCUT2D eigenvalue weighted by molar-refractivity contribution is -0.143. The second-order valence-corrected chi connectivity index (χ2v) is 9.98. The molecule has 1 amide bonds. The number of hydrogen-bond donors (Lipinski definition) is 0. The number of para-hydroxylation sites is 1. The molecule has 2 aromatic carbocycles. The van der Waals surface area contributed by atoms with Crippen LogP contribution in [0.2, 0.25) is 0 Å². The van der Waals surface area contributed by atoms with Gasteiger partial charge in [-0.15, -0.1) is 0 Å². The molecular weight excluding hydrogens is 554 g/mol. The molecule has 3 aromatic rings. The van der Waals surface area contributed by atoms with E-state index in [0.717, 1.165) is 19.5 Å². The molecule has 41 heavy (non-hydrogen) atoms. The first-order valence-corrected chi connectivity index (χ1v) is 12.8. The third-order valence-corrected chi connectivity index (χ3v) is 7.32. The monoisotopic (exact) mass is 580 g/mol. The topological polar surface area (TPSA) is 67.8 Å². The van der Waals surface area contributed by atoms with Gasteiger partial charge in [-0.3, -0.25) is 4.90 Å². The molecule has 2 fully saturated rings. The van der Waals surface area contributed by atoms with Crippen LogP contribution in [-0.4, -0.2) is 47.2 Å². The number of carbonyl (C=O) groups is 1. The zero-order valence-electron chi connectivity index (χ0n) is 22.3. The predicted octanol–water partition coefficient (Wildman–Crippen LogP) is 6.79. The normalized spacial score (nSPS) is 19.3. The lowest BCUT2D eigenvalue weighted by atomic mass is 9.97. The molecule has 2 aliphatic rings. The molecule has 0 spiro atoms. The summed E-state index contributed by atoms with van der Waals surface area (Å²) in [6, 6.07) is 7.47. The number of rotatable bonds is 6. The lowest BCUT2D eigenvalue weighted by Gasteiger charge is -2.32. The summed E-state index contributed by atoms with van der Waals surface area (Å²) in [7, 11) is 1.51. The van der Waals surface area contributed by atoms with Gasteiger partial charge in [-0.25, -0.2) is 14.8 Å². The smallest absolute Gasteiger partial charge is 0.416 e. The standard InChI is InChI=1S/C28H26F6N4O3/c1-15-23(20-7-4-5-8-22(20)40-3)21(36-25(35-15)37-9-6-10-37)14-38-16(2)24(41-26(38)39)17-11-18(27(29,30)31)13-19(12-17)28(32,33)34/h4-5,7-8,11-13,16,24H,6,9-10,14H2,1-3H3/t16-,24-/m0/s1. The van der Waals surface area contributed by atoms with E-state index in [4.69, 9.17) is 14.5 Å². The van der Waals surface area contributed by atoms with E-state index in [1.807, 2.05) is 11.0 Å². The van der Waals surface area contributed by atoms with Gasteiger partial charge < -0.3 is 14.4 Å². The fourth-order valence-corrected chi connectivity index (χ4v) is 5.05. The Kier molecular flexibility index (Phi) is 7.24. The van der Waals surface area contributed by atoms with E-state index in [-0.39, 0.29) is 12.6 Å². The second-order valence-electron chi connectivity index (χ2n) is 9.98. The zero-order chi connectivity index (χ0) is 29.7. The summed E-state index contributed by atoms with van der Waals surface area (Å²) in [5, 5.41) is 0. The van der Waals surface area contributed by atoms with Crippen LogP contribution in [0.25, 0.3) is 11.1 Å².